The summed E-state index contributed by atoms with van der Waals surface area (Å²) < 4.78 is 0. The summed E-state index contributed by atoms with van der Waals surface area (Å²) in [5, 5.41) is 1.12. The number of carbonyl (C=O) groups is 1. The lowest BCUT2D eigenvalue weighted by Crippen LogP contribution is -2.56. The molecule has 2 heterocycles. The predicted octanol–water partition coefficient (Wildman–Crippen LogP) is 2.70. The van der Waals surface area contributed by atoms with E-state index in [-0.39, 0.29) is 11.9 Å². The van der Waals surface area contributed by atoms with Gasteiger partial charge in [0.05, 0.1) is 16.7 Å². The minimum absolute atomic E-state index is 0.0235. The summed E-state index contributed by atoms with van der Waals surface area (Å²) >= 11 is 1.77. The quantitative estimate of drug-likeness (QED) is 0.839. The minimum atomic E-state index is -0.0235. The highest BCUT2D eigenvalue weighted by Gasteiger charge is 2.32. The van der Waals surface area contributed by atoms with Crippen LogP contribution in [0.2, 0.25) is 0 Å². The van der Waals surface area contributed by atoms with Crippen molar-refractivity contribution in [3.05, 3.63) is 15.6 Å². The van der Waals surface area contributed by atoms with Gasteiger partial charge < -0.3 is 4.90 Å². The van der Waals surface area contributed by atoms with Crippen molar-refractivity contribution in [2.24, 2.45) is 5.92 Å². The molecule has 1 aliphatic rings. The third-order valence-electron chi connectivity index (χ3n) is 4.03. The molecule has 1 saturated heterocycles. The summed E-state index contributed by atoms with van der Waals surface area (Å²) in [5.74, 6) is 0.803. The van der Waals surface area contributed by atoms with Gasteiger partial charge in [0.1, 0.15) is 0 Å². The molecule has 1 atom stereocenters. The minimum Gasteiger partial charge on any atom is -0.340 e. The third kappa shape index (κ3) is 3.83. The van der Waals surface area contributed by atoms with E-state index in [2.05, 4.69) is 37.6 Å². The molecule has 0 bridgehead atoms. The maximum absolute atomic E-state index is 12.5. The van der Waals surface area contributed by atoms with E-state index in [0.717, 1.165) is 37.6 Å². The predicted molar refractivity (Wildman–Crippen MR) is 87.5 cm³/mol. The van der Waals surface area contributed by atoms with Crippen LogP contribution in [-0.2, 0) is 17.8 Å². The van der Waals surface area contributed by atoms with Crippen molar-refractivity contribution in [3.8, 4) is 0 Å². The Hall–Kier alpha value is -0.940. The first-order valence-corrected chi connectivity index (χ1v) is 8.72. The monoisotopic (exact) mass is 309 g/mol. The van der Waals surface area contributed by atoms with E-state index in [9.17, 15) is 4.79 Å². The van der Waals surface area contributed by atoms with Crippen LogP contribution in [0.1, 0.15) is 43.3 Å². The Morgan fingerprint density at radius 3 is 2.71 bits per heavy atom. The molecule has 0 spiro atoms. The second kappa shape index (κ2) is 6.88. The van der Waals surface area contributed by atoms with Gasteiger partial charge in [-0.3, -0.25) is 9.69 Å². The number of hydrogen-bond donors (Lipinski definition) is 0. The number of hydrogen-bond acceptors (Lipinski definition) is 4. The molecular formula is C16H27N3OS. The number of aryl methyl sites for hydroxylation is 2. The second-order valence-corrected chi connectivity index (χ2v) is 7.57. The van der Waals surface area contributed by atoms with Crippen molar-refractivity contribution >= 4 is 17.2 Å². The van der Waals surface area contributed by atoms with Crippen LogP contribution in [0, 0.1) is 12.8 Å². The summed E-state index contributed by atoms with van der Waals surface area (Å²) in [4.78, 5) is 22.7. The standard InChI is InChI=1S/C16H27N3OS/c1-6-14-15(21-13(5)17-14)10-18-7-8-19(9-11(2)3)16(20)12(18)4/h11-12H,6-10H2,1-5H3/t12-/m1/s1. The lowest BCUT2D eigenvalue weighted by atomic mass is 10.1. The van der Waals surface area contributed by atoms with Crippen LogP contribution in [0.4, 0.5) is 0 Å². The smallest absolute Gasteiger partial charge is 0.239 e. The molecule has 21 heavy (non-hydrogen) atoms. The van der Waals surface area contributed by atoms with Crippen LogP contribution in [0.15, 0.2) is 0 Å². The average molecular weight is 309 g/mol. The topological polar surface area (TPSA) is 36.4 Å². The van der Waals surface area contributed by atoms with Crippen molar-refractivity contribution in [1.82, 2.24) is 14.8 Å². The fourth-order valence-corrected chi connectivity index (χ4v) is 3.96. The summed E-state index contributed by atoms with van der Waals surface area (Å²) in [7, 11) is 0. The Balaban J connectivity index is 2.04. The van der Waals surface area contributed by atoms with E-state index in [1.54, 1.807) is 11.3 Å². The Labute approximate surface area is 132 Å². The Kier molecular flexibility index (Phi) is 5.38. The largest absolute Gasteiger partial charge is 0.340 e. The summed E-state index contributed by atoms with van der Waals surface area (Å²) in [6.07, 6.45) is 0.968. The van der Waals surface area contributed by atoms with Crippen LogP contribution < -0.4 is 0 Å². The van der Waals surface area contributed by atoms with E-state index in [0.29, 0.717) is 5.92 Å². The number of carbonyl (C=O) groups excluding carboxylic acids is 1. The maximum atomic E-state index is 12.5. The molecule has 1 aliphatic heterocycles. The zero-order valence-electron chi connectivity index (χ0n) is 13.8. The first kappa shape index (κ1) is 16.4. The van der Waals surface area contributed by atoms with Gasteiger partial charge in [-0.2, -0.15) is 0 Å². The third-order valence-corrected chi connectivity index (χ3v) is 5.02. The van der Waals surface area contributed by atoms with E-state index >= 15 is 0 Å². The van der Waals surface area contributed by atoms with E-state index in [1.807, 2.05) is 11.8 Å². The molecule has 4 nitrogen and oxygen atoms in total. The normalized spacial score (nSPS) is 20.6. The molecular weight excluding hydrogens is 282 g/mol. The van der Waals surface area contributed by atoms with Gasteiger partial charge >= 0.3 is 0 Å². The number of nitrogens with zero attached hydrogens (tertiary/aromatic N) is 3. The van der Waals surface area contributed by atoms with Crippen molar-refractivity contribution in [1.29, 1.82) is 0 Å². The van der Waals surface area contributed by atoms with E-state index in [1.165, 1.54) is 10.6 Å². The van der Waals surface area contributed by atoms with Gasteiger partial charge in [0, 0.05) is 31.1 Å². The molecule has 0 radical (unpaired) electrons. The van der Waals surface area contributed by atoms with Gasteiger partial charge in [0.25, 0.3) is 0 Å². The summed E-state index contributed by atoms with van der Waals surface area (Å²) in [5.41, 5.74) is 1.20. The van der Waals surface area contributed by atoms with Crippen LogP contribution in [0.3, 0.4) is 0 Å². The number of piperazine rings is 1. The van der Waals surface area contributed by atoms with Crippen molar-refractivity contribution in [2.45, 2.75) is 53.6 Å². The lowest BCUT2D eigenvalue weighted by Gasteiger charge is -2.39. The molecule has 0 saturated carbocycles. The molecule has 0 unspecified atom stereocenters. The Bertz CT molecular complexity index is 498. The SMILES string of the molecule is CCc1nc(C)sc1CN1CCN(CC(C)C)C(=O)[C@H]1C. The second-order valence-electron chi connectivity index (χ2n) is 6.28. The summed E-state index contributed by atoms with van der Waals surface area (Å²) in [6, 6.07) is -0.0235. The number of thiazole rings is 1. The van der Waals surface area contributed by atoms with E-state index < -0.39 is 0 Å². The Morgan fingerprint density at radius 1 is 1.38 bits per heavy atom. The zero-order valence-corrected chi connectivity index (χ0v) is 14.7. The van der Waals surface area contributed by atoms with Crippen LogP contribution in [0.25, 0.3) is 0 Å². The highest BCUT2D eigenvalue weighted by atomic mass is 32.1. The van der Waals surface area contributed by atoms with Crippen LogP contribution >= 0.6 is 11.3 Å². The molecule has 0 aliphatic carbocycles. The highest BCUT2D eigenvalue weighted by molar-refractivity contribution is 7.11. The maximum Gasteiger partial charge on any atom is 0.239 e. The molecule has 0 aromatic carbocycles. The number of aromatic nitrogens is 1. The number of rotatable bonds is 5. The Morgan fingerprint density at radius 2 is 2.10 bits per heavy atom. The zero-order chi connectivity index (χ0) is 15.6. The molecule has 1 aromatic rings. The summed E-state index contributed by atoms with van der Waals surface area (Å²) in [6.45, 7) is 14.1. The van der Waals surface area contributed by atoms with Gasteiger partial charge in [0.15, 0.2) is 0 Å². The highest BCUT2D eigenvalue weighted by Crippen LogP contribution is 2.23. The number of amides is 1. The fraction of sp³-hybridized carbons (Fsp3) is 0.750. The van der Waals surface area contributed by atoms with Crippen LogP contribution in [-0.4, -0.2) is 46.4 Å². The van der Waals surface area contributed by atoms with E-state index in [4.69, 9.17) is 0 Å². The molecule has 1 aromatic heterocycles. The molecule has 1 amide bonds. The van der Waals surface area contributed by atoms with Crippen molar-refractivity contribution in [3.63, 3.8) is 0 Å². The molecule has 118 valence electrons. The first-order chi connectivity index (χ1) is 9.92. The van der Waals surface area contributed by atoms with Crippen LogP contribution in [0.5, 0.6) is 0 Å². The van der Waals surface area contributed by atoms with Gasteiger partial charge in [-0.05, 0) is 26.2 Å². The van der Waals surface area contributed by atoms with Gasteiger partial charge in [-0.25, -0.2) is 4.98 Å². The first-order valence-electron chi connectivity index (χ1n) is 7.90. The lowest BCUT2D eigenvalue weighted by molar-refractivity contribution is -0.141. The fourth-order valence-electron chi connectivity index (χ4n) is 2.91. The van der Waals surface area contributed by atoms with Gasteiger partial charge in [0.2, 0.25) is 5.91 Å². The molecule has 1 fully saturated rings. The van der Waals surface area contributed by atoms with Gasteiger partial charge in [-0.1, -0.05) is 20.8 Å². The van der Waals surface area contributed by atoms with Crippen molar-refractivity contribution in [2.75, 3.05) is 19.6 Å². The van der Waals surface area contributed by atoms with Crippen molar-refractivity contribution < 1.29 is 4.79 Å². The average Bonchev–Trinajstić information content (AvgIpc) is 2.78. The molecule has 2 rings (SSSR count). The molecule has 5 heteroatoms. The van der Waals surface area contributed by atoms with Gasteiger partial charge in [-0.15, -0.1) is 11.3 Å². The molecule has 0 N–H and O–H groups in total.